The highest BCUT2D eigenvalue weighted by molar-refractivity contribution is 9.10. The Morgan fingerprint density at radius 1 is 1.22 bits per heavy atom. The van der Waals surface area contributed by atoms with Crippen LogP contribution in [0, 0.1) is 5.82 Å². The minimum absolute atomic E-state index is 0.0687. The van der Waals surface area contributed by atoms with Gasteiger partial charge in [0.25, 0.3) is 10.0 Å². The van der Waals surface area contributed by atoms with E-state index in [4.69, 9.17) is 0 Å². The second-order valence-corrected chi connectivity index (χ2v) is 5.79. The van der Waals surface area contributed by atoms with Crippen molar-refractivity contribution in [2.75, 3.05) is 4.72 Å². The number of hydrogen-bond donors (Lipinski definition) is 1. The van der Waals surface area contributed by atoms with Crippen LogP contribution in [0.1, 0.15) is 0 Å². The maximum absolute atomic E-state index is 13.3. The first-order chi connectivity index (χ1) is 8.49. The Morgan fingerprint density at radius 2 is 1.89 bits per heavy atom. The molecule has 0 aliphatic rings. The van der Waals surface area contributed by atoms with Gasteiger partial charge in [0.15, 0.2) is 0 Å². The van der Waals surface area contributed by atoms with Crippen LogP contribution in [0.4, 0.5) is 10.3 Å². The summed E-state index contributed by atoms with van der Waals surface area (Å²) in [5.41, 5.74) is 0. The molecule has 0 aliphatic heterocycles. The van der Waals surface area contributed by atoms with E-state index in [1.165, 1.54) is 24.5 Å². The highest BCUT2D eigenvalue weighted by atomic mass is 79.9. The Kier molecular flexibility index (Phi) is 3.58. The number of hydrogen-bond acceptors (Lipinski definition) is 4. The van der Waals surface area contributed by atoms with Crippen molar-refractivity contribution >= 4 is 31.9 Å². The number of halogens is 2. The minimum Gasteiger partial charge on any atom is -0.247 e. The van der Waals surface area contributed by atoms with Crippen LogP contribution in [-0.2, 0) is 10.0 Å². The van der Waals surface area contributed by atoms with Crippen molar-refractivity contribution in [3.05, 3.63) is 46.9 Å². The van der Waals surface area contributed by atoms with Gasteiger partial charge in [0.1, 0.15) is 5.82 Å². The van der Waals surface area contributed by atoms with E-state index < -0.39 is 15.8 Å². The fraction of sp³-hybridized carbons (Fsp3) is 0. The summed E-state index contributed by atoms with van der Waals surface area (Å²) < 4.78 is 39.4. The molecule has 0 fully saturated rings. The molecule has 1 heterocycles. The summed E-state index contributed by atoms with van der Waals surface area (Å²) in [4.78, 5) is 7.25. The Labute approximate surface area is 111 Å². The lowest BCUT2D eigenvalue weighted by atomic mass is 10.3. The third-order valence-corrected chi connectivity index (χ3v) is 3.96. The predicted molar refractivity (Wildman–Crippen MR) is 66.9 cm³/mol. The second-order valence-electron chi connectivity index (χ2n) is 3.25. The van der Waals surface area contributed by atoms with Crippen molar-refractivity contribution < 1.29 is 12.8 Å². The molecular weight excluding hydrogens is 325 g/mol. The predicted octanol–water partition coefficient (Wildman–Crippen LogP) is 2.18. The number of nitrogens with one attached hydrogen (secondary N) is 1. The van der Waals surface area contributed by atoms with E-state index in [0.29, 0.717) is 0 Å². The molecule has 0 unspecified atom stereocenters. The molecule has 0 saturated heterocycles. The molecule has 5 nitrogen and oxygen atoms in total. The van der Waals surface area contributed by atoms with E-state index in [1.54, 1.807) is 6.07 Å². The van der Waals surface area contributed by atoms with E-state index in [9.17, 15) is 12.8 Å². The van der Waals surface area contributed by atoms with Gasteiger partial charge in [-0.15, -0.1) is 0 Å². The lowest BCUT2D eigenvalue weighted by Gasteiger charge is -2.06. The molecule has 0 aliphatic carbocycles. The van der Waals surface area contributed by atoms with Crippen LogP contribution in [0.3, 0.4) is 0 Å². The van der Waals surface area contributed by atoms with Crippen molar-refractivity contribution in [1.29, 1.82) is 0 Å². The maximum atomic E-state index is 13.3. The summed E-state index contributed by atoms with van der Waals surface area (Å²) in [6.45, 7) is 0. The van der Waals surface area contributed by atoms with Gasteiger partial charge in [-0.25, -0.2) is 27.5 Å². The minimum atomic E-state index is -3.89. The molecule has 0 radical (unpaired) electrons. The quantitative estimate of drug-likeness (QED) is 0.935. The van der Waals surface area contributed by atoms with Gasteiger partial charge in [-0.1, -0.05) is 0 Å². The first kappa shape index (κ1) is 12.9. The van der Waals surface area contributed by atoms with Crippen molar-refractivity contribution in [3.63, 3.8) is 0 Å². The Hall–Kier alpha value is -1.54. The fourth-order valence-electron chi connectivity index (χ4n) is 1.17. The summed E-state index contributed by atoms with van der Waals surface area (Å²) in [5.74, 6) is -0.729. The molecule has 2 aromatic rings. The van der Waals surface area contributed by atoms with E-state index in [-0.39, 0.29) is 15.3 Å². The van der Waals surface area contributed by atoms with E-state index in [0.717, 1.165) is 6.07 Å². The van der Waals surface area contributed by atoms with Crippen LogP contribution in [0.15, 0.2) is 46.0 Å². The van der Waals surface area contributed by atoms with Crippen LogP contribution in [0.25, 0.3) is 0 Å². The molecule has 94 valence electrons. The molecule has 0 saturated carbocycles. The average Bonchev–Trinajstić information content (AvgIpc) is 2.33. The summed E-state index contributed by atoms with van der Waals surface area (Å²) in [5, 5.41) is 0. The number of rotatable bonds is 3. The largest absolute Gasteiger partial charge is 0.264 e. The number of nitrogens with zero attached hydrogens (tertiary/aromatic N) is 2. The molecule has 8 heteroatoms. The van der Waals surface area contributed by atoms with Gasteiger partial charge < -0.3 is 0 Å². The van der Waals surface area contributed by atoms with Gasteiger partial charge in [0.2, 0.25) is 5.95 Å². The molecule has 18 heavy (non-hydrogen) atoms. The number of aromatic nitrogens is 2. The lowest BCUT2D eigenvalue weighted by Crippen LogP contribution is -2.15. The molecule has 1 aromatic heterocycles. The molecule has 0 atom stereocenters. The normalized spacial score (nSPS) is 11.2. The van der Waals surface area contributed by atoms with Crippen molar-refractivity contribution in [2.24, 2.45) is 0 Å². The van der Waals surface area contributed by atoms with Crippen molar-refractivity contribution in [3.8, 4) is 0 Å². The van der Waals surface area contributed by atoms with Crippen LogP contribution in [-0.4, -0.2) is 18.4 Å². The molecule has 0 bridgehead atoms. The lowest BCUT2D eigenvalue weighted by molar-refractivity contribution is 0.593. The van der Waals surface area contributed by atoms with Crippen LogP contribution >= 0.6 is 15.9 Å². The van der Waals surface area contributed by atoms with Gasteiger partial charge >= 0.3 is 0 Å². The van der Waals surface area contributed by atoms with Gasteiger partial charge in [-0.3, -0.25) is 0 Å². The van der Waals surface area contributed by atoms with Crippen LogP contribution in [0.5, 0.6) is 0 Å². The fourth-order valence-corrected chi connectivity index (χ4v) is 2.39. The highest BCUT2D eigenvalue weighted by Crippen LogP contribution is 2.20. The number of anilines is 1. The molecule has 2 rings (SSSR count). The van der Waals surface area contributed by atoms with Crippen molar-refractivity contribution in [1.82, 2.24) is 9.97 Å². The Balaban J connectivity index is 2.34. The van der Waals surface area contributed by atoms with E-state index in [1.807, 2.05) is 0 Å². The average molecular weight is 332 g/mol. The third kappa shape index (κ3) is 2.82. The van der Waals surface area contributed by atoms with Gasteiger partial charge in [-0.05, 0) is 40.2 Å². The van der Waals surface area contributed by atoms with Gasteiger partial charge in [0.05, 0.1) is 9.37 Å². The highest BCUT2D eigenvalue weighted by Gasteiger charge is 2.16. The Morgan fingerprint density at radius 3 is 2.50 bits per heavy atom. The smallest absolute Gasteiger partial charge is 0.247 e. The maximum Gasteiger partial charge on any atom is 0.264 e. The van der Waals surface area contributed by atoms with Crippen molar-refractivity contribution in [2.45, 2.75) is 4.90 Å². The third-order valence-electron chi connectivity index (χ3n) is 1.99. The topological polar surface area (TPSA) is 72.0 Å². The summed E-state index contributed by atoms with van der Waals surface area (Å²) in [6, 6.07) is 5.06. The zero-order valence-corrected chi connectivity index (χ0v) is 11.2. The zero-order chi connectivity index (χ0) is 13.2. The first-order valence-corrected chi connectivity index (χ1v) is 7.01. The summed E-state index contributed by atoms with van der Waals surface area (Å²) in [7, 11) is -3.89. The van der Waals surface area contributed by atoms with E-state index >= 15 is 0 Å². The standard InChI is InChI=1S/C10H7BrFN3O2S/c11-8-3-2-7(6-9(8)12)18(16,17)15-10-13-4-1-5-14-10/h1-6H,(H,13,14,15). The zero-order valence-electron chi connectivity index (χ0n) is 8.84. The van der Waals surface area contributed by atoms with Crippen LogP contribution in [0.2, 0.25) is 0 Å². The molecular formula is C10H7BrFN3O2S. The monoisotopic (exact) mass is 331 g/mol. The number of sulfonamides is 1. The van der Waals surface area contributed by atoms with Crippen LogP contribution < -0.4 is 4.72 Å². The molecule has 1 aromatic carbocycles. The molecule has 0 spiro atoms. The number of benzene rings is 1. The summed E-state index contributed by atoms with van der Waals surface area (Å²) in [6.07, 6.45) is 2.79. The Bertz CT molecular complexity index is 664. The molecule has 0 amide bonds. The van der Waals surface area contributed by atoms with E-state index in [2.05, 4.69) is 30.6 Å². The van der Waals surface area contributed by atoms with Gasteiger partial charge in [0, 0.05) is 12.4 Å². The first-order valence-electron chi connectivity index (χ1n) is 4.74. The summed E-state index contributed by atoms with van der Waals surface area (Å²) >= 11 is 2.95. The molecule has 1 N–H and O–H groups in total. The SMILES string of the molecule is O=S(=O)(Nc1ncccn1)c1ccc(Br)c(F)c1. The second kappa shape index (κ2) is 4.99. The van der Waals surface area contributed by atoms with Gasteiger partial charge in [-0.2, -0.15) is 0 Å².